The number of aryl methyl sites for hydroxylation is 1. The van der Waals surface area contributed by atoms with Crippen molar-refractivity contribution in [3.63, 3.8) is 0 Å². The minimum absolute atomic E-state index is 0.0309. The van der Waals surface area contributed by atoms with Gasteiger partial charge >= 0.3 is 0 Å². The van der Waals surface area contributed by atoms with Crippen molar-refractivity contribution in [2.45, 2.75) is 48.6 Å². The number of benzene rings is 4. The standard InChI is InChI=1S/C34H39N3O3S/c1-36(2)34(20-19-27-11-5-3-6-12-27)21-23-37(24-22-34)33(38)26-32(29-14-7-4-8-15-29)35-41(39,40)31-18-17-28-13-9-10-16-30(28)25-31/h3-18,25,32,35H,19-24,26H2,1-2H3. The predicted molar refractivity (Wildman–Crippen MR) is 165 cm³/mol. The van der Waals surface area contributed by atoms with Crippen molar-refractivity contribution >= 4 is 26.7 Å². The van der Waals surface area contributed by atoms with E-state index in [1.165, 1.54) is 5.56 Å². The Hall–Kier alpha value is -3.52. The van der Waals surface area contributed by atoms with Crippen LogP contribution in [0.3, 0.4) is 0 Å². The summed E-state index contributed by atoms with van der Waals surface area (Å²) in [7, 11) is 0.402. The molecule has 0 bridgehead atoms. The molecule has 1 N–H and O–H groups in total. The van der Waals surface area contributed by atoms with Gasteiger partial charge in [-0.3, -0.25) is 4.79 Å². The molecule has 1 aliphatic heterocycles. The molecule has 0 aliphatic carbocycles. The SMILES string of the molecule is CN(C)C1(CCc2ccccc2)CCN(C(=O)CC(NS(=O)(=O)c2ccc3ccccc3c2)c2ccccc2)CC1. The van der Waals surface area contributed by atoms with E-state index in [-0.39, 0.29) is 22.8 Å². The molecule has 1 saturated heterocycles. The van der Waals surface area contributed by atoms with Crippen LogP contribution in [0.2, 0.25) is 0 Å². The number of hydrogen-bond donors (Lipinski definition) is 1. The van der Waals surface area contributed by atoms with E-state index in [1.54, 1.807) is 12.1 Å². The number of hydrogen-bond acceptors (Lipinski definition) is 4. The van der Waals surface area contributed by atoms with Crippen LogP contribution in [-0.4, -0.2) is 56.8 Å². The summed E-state index contributed by atoms with van der Waals surface area (Å²) in [5.74, 6) is -0.0320. The first-order chi connectivity index (χ1) is 19.8. The summed E-state index contributed by atoms with van der Waals surface area (Å²) in [4.78, 5) is 18.0. The lowest BCUT2D eigenvalue weighted by molar-refractivity contribution is -0.134. The monoisotopic (exact) mass is 569 g/mol. The summed E-state index contributed by atoms with van der Waals surface area (Å²) in [6.45, 7) is 1.31. The molecule has 214 valence electrons. The molecular weight excluding hydrogens is 530 g/mol. The summed E-state index contributed by atoms with van der Waals surface area (Å²) in [5.41, 5.74) is 2.13. The number of carbonyl (C=O) groups excluding carboxylic acids is 1. The van der Waals surface area contributed by atoms with Gasteiger partial charge in [0.05, 0.1) is 10.9 Å². The van der Waals surface area contributed by atoms with Crippen LogP contribution in [0.5, 0.6) is 0 Å². The van der Waals surface area contributed by atoms with Crippen molar-refractivity contribution in [2.75, 3.05) is 27.2 Å². The summed E-state index contributed by atoms with van der Waals surface area (Å²) in [6, 6.07) is 32.0. The topological polar surface area (TPSA) is 69.7 Å². The van der Waals surface area contributed by atoms with Gasteiger partial charge in [0.1, 0.15) is 0 Å². The minimum atomic E-state index is -3.87. The highest BCUT2D eigenvalue weighted by Gasteiger charge is 2.38. The first-order valence-corrected chi connectivity index (χ1v) is 15.8. The van der Waals surface area contributed by atoms with Gasteiger partial charge in [0.2, 0.25) is 15.9 Å². The lowest BCUT2D eigenvalue weighted by atomic mass is 9.81. The molecule has 1 amide bonds. The van der Waals surface area contributed by atoms with Crippen LogP contribution in [0.4, 0.5) is 0 Å². The number of piperidine rings is 1. The van der Waals surface area contributed by atoms with E-state index >= 15 is 0 Å². The minimum Gasteiger partial charge on any atom is -0.342 e. The molecule has 1 fully saturated rings. The molecule has 5 rings (SSSR count). The van der Waals surface area contributed by atoms with Crippen molar-refractivity contribution in [3.05, 3.63) is 114 Å². The average molecular weight is 570 g/mol. The summed E-state index contributed by atoms with van der Waals surface area (Å²) in [5, 5.41) is 1.83. The number of likely N-dealkylation sites (tertiary alicyclic amines) is 1. The van der Waals surface area contributed by atoms with Gasteiger partial charge in [-0.1, -0.05) is 91.0 Å². The van der Waals surface area contributed by atoms with Crippen LogP contribution in [0.25, 0.3) is 10.8 Å². The van der Waals surface area contributed by atoms with Gasteiger partial charge in [-0.2, -0.15) is 0 Å². The fraction of sp³-hybridized carbons (Fsp3) is 0.324. The second-order valence-corrected chi connectivity index (χ2v) is 13.0. The van der Waals surface area contributed by atoms with Crippen LogP contribution < -0.4 is 4.72 Å². The zero-order valence-electron chi connectivity index (χ0n) is 23.9. The molecule has 4 aromatic rings. The van der Waals surface area contributed by atoms with Gasteiger partial charge in [0, 0.05) is 25.0 Å². The third kappa shape index (κ3) is 6.87. The fourth-order valence-electron chi connectivity index (χ4n) is 5.92. The number of amides is 1. The molecule has 0 radical (unpaired) electrons. The first-order valence-electron chi connectivity index (χ1n) is 14.3. The predicted octanol–water partition coefficient (Wildman–Crippen LogP) is 5.81. The van der Waals surface area contributed by atoms with E-state index in [0.717, 1.165) is 42.0 Å². The number of sulfonamides is 1. The van der Waals surface area contributed by atoms with Gasteiger partial charge in [0.15, 0.2) is 0 Å². The Labute approximate surface area is 244 Å². The van der Waals surface area contributed by atoms with Crippen molar-refractivity contribution in [2.24, 2.45) is 0 Å². The molecule has 1 aliphatic rings. The highest BCUT2D eigenvalue weighted by atomic mass is 32.2. The van der Waals surface area contributed by atoms with E-state index in [2.05, 4.69) is 48.0 Å². The molecule has 1 unspecified atom stereocenters. The third-order valence-electron chi connectivity index (χ3n) is 8.63. The van der Waals surface area contributed by atoms with Crippen molar-refractivity contribution in [3.8, 4) is 0 Å². The Morgan fingerprint density at radius 1 is 0.854 bits per heavy atom. The number of nitrogens with zero attached hydrogens (tertiary/aromatic N) is 2. The Morgan fingerprint density at radius 3 is 2.12 bits per heavy atom. The zero-order valence-corrected chi connectivity index (χ0v) is 24.7. The second-order valence-electron chi connectivity index (χ2n) is 11.3. The second kappa shape index (κ2) is 12.6. The maximum Gasteiger partial charge on any atom is 0.241 e. The molecule has 7 heteroatoms. The van der Waals surface area contributed by atoms with E-state index in [0.29, 0.717) is 13.1 Å². The molecule has 1 atom stereocenters. The fourth-order valence-corrected chi connectivity index (χ4v) is 7.18. The van der Waals surface area contributed by atoms with Crippen LogP contribution in [-0.2, 0) is 21.2 Å². The molecule has 0 aromatic heterocycles. The lowest BCUT2D eigenvalue weighted by Gasteiger charge is -2.46. The van der Waals surface area contributed by atoms with E-state index in [1.807, 2.05) is 71.6 Å². The zero-order chi connectivity index (χ0) is 28.9. The van der Waals surface area contributed by atoms with E-state index in [9.17, 15) is 13.2 Å². The Kier molecular flexibility index (Phi) is 8.88. The van der Waals surface area contributed by atoms with Gasteiger partial charge in [0.25, 0.3) is 0 Å². The van der Waals surface area contributed by atoms with Crippen molar-refractivity contribution in [1.29, 1.82) is 0 Å². The maximum absolute atomic E-state index is 13.6. The summed E-state index contributed by atoms with van der Waals surface area (Å²) in [6.07, 6.45) is 3.87. The molecule has 4 aromatic carbocycles. The summed E-state index contributed by atoms with van der Waals surface area (Å²) >= 11 is 0. The average Bonchev–Trinajstić information content (AvgIpc) is 3.00. The molecule has 1 heterocycles. The quantitative estimate of drug-likeness (QED) is 0.262. The van der Waals surface area contributed by atoms with Crippen LogP contribution in [0.1, 0.15) is 42.9 Å². The Balaban J connectivity index is 1.29. The normalized spacial score (nSPS) is 16.1. The molecule has 0 spiro atoms. The van der Waals surface area contributed by atoms with Crippen molar-refractivity contribution < 1.29 is 13.2 Å². The lowest BCUT2D eigenvalue weighted by Crippen LogP contribution is -2.54. The smallest absolute Gasteiger partial charge is 0.241 e. The van der Waals surface area contributed by atoms with Gasteiger partial charge in [-0.15, -0.1) is 0 Å². The molecule has 41 heavy (non-hydrogen) atoms. The van der Waals surface area contributed by atoms with E-state index in [4.69, 9.17) is 0 Å². The van der Waals surface area contributed by atoms with Crippen LogP contribution in [0, 0.1) is 0 Å². The van der Waals surface area contributed by atoms with Crippen LogP contribution in [0.15, 0.2) is 108 Å². The molecule has 6 nitrogen and oxygen atoms in total. The Morgan fingerprint density at radius 2 is 1.46 bits per heavy atom. The van der Waals surface area contributed by atoms with Crippen LogP contribution >= 0.6 is 0 Å². The number of fused-ring (bicyclic) bond motifs is 1. The van der Waals surface area contributed by atoms with Gasteiger partial charge in [-0.05, 0) is 73.8 Å². The number of rotatable bonds is 10. The van der Waals surface area contributed by atoms with E-state index < -0.39 is 16.1 Å². The van der Waals surface area contributed by atoms with Gasteiger partial charge < -0.3 is 9.80 Å². The van der Waals surface area contributed by atoms with Gasteiger partial charge in [-0.25, -0.2) is 13.1 Å². The number of carbonyl (C=O) groups is 1. The largest absolute Gasteiger partial charge is 0.342 e. The van der Waals surface area contributed by atoms with Crippen molar-refractivity contribution in [1.82, 2.24) is 14.5 Å². The third-order valence-corrected chi connectivity index (χ3v) is 10.1. The first kappa shape index (κ1) is 29.0. The number of nitrogens with one attached hydrogen (secondary N) is 1. The maximum atomic E-state index is 13.6. The molecular formula is C34H39N3O3S. The Bertz CT molecular complexity index is 1560. The molecule has 0 saturated carbocycles. The highest BCUT2D eigenvalue weighted by molar-refractivity contribution is 7.89. The highest BCUT2D eigenvalue weighted by Crippen LogP contribution is 2.33. The summed E-state index contributed by atoms with van der Waals surface area (Å²) < 4.78 is 29.9.